The molecular formula is C18H25N5O4S. The van der Waals surface area contributed by atoms with E-state index < -0.39 is 10.0 Å². The Morgan fingerprint density at radius 2 is 1.82 bits per heavy atom. The molecule has 152 valence electrons. The van der Waals surface area contributed by atoms with Crippen LogP contribution in [0.3, 0.4) is 0 Å². The van der Waals surface area contributed by atoms with Crippen LogP contribution < -0.4 is 0 Å². The van der Waals surface area contributed by atoms with E-state index in [0.717, 1.165) is 25.9 Å². The number of likely N-dealkylation sites (N-methyl/N-ethyl adjacent to an activating group) is 1. The van der Waals surface area contributed by atoms with Crippen molar-refractivity contribution in [2.45, 2.75) is 24.7 Å². The third-order valence-electron chi connectivity index (χ3n) is 5.46. The molecule has 2 aliphatic rings. The van der Waals surface area contributed by atoms with Crippen LogP contribution in [0, 0.1) is 6.92 Å². The Bertz CT molecular complexity index is 966. The summed E-state index contributed by atoms with van der Waals surface area (Å²) in [6, 6.07) is 1.50. The number of H-pyrrole nitrogens is 1. The molecule has 0 radical (unpaired) electrons. The third kappa shape index (κ3) is 3.36. The number of sulfonamides is 1. The van der Waals surface area contributed by atoms with Crippen molar-refractivity contribution in [1.29, 1.82) is 0 Å². The summed E-state index contributed by atoms with van der Waals surface area (Å²) in [4.78, 5) is 16.8. The molecule has 0 saturated carbocycles. The van der Waals surface area contributed by atoms with Gasteiger partial charge in [0.05, 0.1) is 11.8 Å². The molecule has 2 saturated heterocycles. The molecule has 9 nitrogen and oxygen atoms in total. The molecule has 0 atom stereocenters. The Hall–Kier alpha value is -2.17. The minimum Gasteiger partial charge on any atom is -0.458 e. The first-order valence-electron chi connectivity index (χ1n) is 9.50. The van der Waals surface area contributed by atoms with Crippen molar-refractivity contribution < 1.29 is 17.6 Å². The van der Waals surface area contributed by atoms with Crippen molar-refractivity contribution in [1.82, 2.24) is 24.3 Å². The van der Waals surface area contributed by atoms with E-state index >= 15 is 0 Å². The van der Waals surface area contributed by atoms with Crippen LogP contribution in [-0.4, -0.2) is 84.9 Å². The molecule has 4 heterocycles. The van der Waals surface area contributed by atoms with Crippen LogP contribution in [0.1, 0.15) is 29.0 Å². The highest BCUT2D eigenvalue weighted by atomic mass is 32.2. The lowest BCUT2D eigenvalue weighted by molar-refractivity contribution is 0.0793. The molecule has 0 aromatic carbocycles. The second kappa shape index (κ2) is 7.34. The van der Waals surface area contributed by atoms with E-state index in [4.69, 9.17) is 4.42 Å². The molecule has 0 spiro atoms. The molecule has 0 bridgehead atoms. The number of nitrogens with zero attached hydrogens (tertiary/aromatic N) is 4. The van der Waals surface area contributed by atoms with Crippen LogP contribution in [0.2, 0.25) is 0 Å². The average molecular weight is 407 g/mol. The zero-order valence-corrected chi connectivity index (χ0v) is 17.0. The quantitative estimate of drug-likeness (QED) is 0.816. The highest BCUT2D eigenvalue weighted by molar-refractivity contribution is 7.89. The molecule has 28 heavy (non-hydrogen) atoms. The number of amides is 1. The Balaban J connectivity index is 1.64. The molecule has 1 N–H and O–H groups in total. The minimum atomic E-state index is -3.65. The van der Waals surface area contributed by atoms with Crippen LogP contribution in [0.5, 0.6) is 0 Å². The maximum Gasteiger partial charge on any atom is 0.257 e. The van der Waals surface area contributed by atoms with E-state index in [-0.39, 0.29) is 10.8 Å². The van der Waals surface area contributed by atoms with Gasteiger partial charge in [0.1, 0.15) is 16.3 Å². The summed E-state index contributed by atoms with van der Waals surface area (Å²) in [5.41, 5.74) is 0.819. The van der Waals surface area contributed by atoms with E-state index in [1.165, 1.54) is 16.6 Å². The fourth-order valence-electron chi connectivity index (χ4n) is 3.74. The molecule has 10 heteroatoms. The average Bonchev–Trinajstić information content (AvgIpc) is 3.41. The second-order valence-electron chi connectivity index (χ2n) is 7.40. The summed E-state index contributed by atoms with van der Waals surface area (Å²) in [7, 11) is -1.68. The van der Waals surface area contributed by atoms with Gasteiger partial charge in [0.25, 0.3) is 5.91 Å². The first-order valence-corrected chi connectivity index (χ1v) is 10.9. The Morgan fingerprint density at radius 1 is 1.14 bits per heavy atom. The molecular weight excluding hydrogens is 382 g/mol. The van der Waals surface area contributed by atoms with Gasteiger partial charge in [0.2, 0.25) is 10.0 Å². The van der Waals surface area contributed by atoms with E-state index in [1.54, 1.807) is 11.8 Å². The van der Waals surface area contributed by atoms with Crippen LogP contribution in [0.4, 0.5) is 0 Å². The van der Waals surface area contributed by atoms with Gasteiger partial charge < -0.3 is 14.2 Å². The van der Waals surface area contributed by atoms with Crippen molar-refractivity contribution in [3.05, 3.63) is 23.6 Å². The number of likely N-dealkylation sites (tertiary alicyclic amines) is 1. The summed E-state index contributed by atoms with van der Waals surface area (Å²) in [5, 5.41) is 6.79. The van der Waals surface area contributed by atoms with E-state index in [1.807, 2.05) is 7.05 Å². The van der Waals surface area contributed by atoms with Gasteiger partial charge in [-0.3, -0.25) is 9.89 Å². The monoisotopic (exact) mass is 407 g/mol. The van der Waals surface area contributed by atoms with Crippen molar-refractivity contribution in [3.63, 3.8) is 0 Å². The van der Waals surface area contributed by atoms with Gasteiger partial charge in [-0.15, -0.1) is 0 Å². The highest BCUT2D eigenvalue weighted by Crippen LogP contribution is 2.31. The standard InChI is InChI=1S/C18H25N5O4S/c1-13-16(28(25,26)23-9-7-21(2)8-10-23)11-15(27-13)17-14(12-19-20-17)18(24)22-5-3-4-6-22/h11-12H,3-10H2,1-2H3,(H,19,20). The molecule has 1 amide bonds. The Labute approximate surface area is 164 Å². The van der Waals surface area contributed by atoms with Gasteiger partial charge in [0, 0.05) is 45.3 Å². The normalized spacial score (nSPS) is 19.4. The van der Waals surface area contributed by atoms with Gasteiger partial charge in [-0.2, -0.15) is 9.40 Å². The number of aryl methyl sites for hydroxylation is 1. The van der Waals surface area contributed by atoms with Gasteiger partial charge in [-0.1, -0.05) is 0 Å². The number of rotatable bonds is 4. The second-order valence-corrected chi connectivity index (χ2v) is 9.30. The summed E-state index contributed by atoms with van der Waals surface area (Å²) < 4.78 is 33.4. The number of aromatic nitrogens is 2. The number of hydrogen-bond donors (Lipinski definition) is 1. The van der Waals surface area contributed by atoms with Crippen LogP contribution in [0.25, 0.3) is 11.5 Å². The number of carbonyl (C=O) groups excluding carboxylic acids is 1. The zero-order chi connectivity index (χ0) is 19.9. The lowest BCUT2D eigenvalue weighted by Crippen LogP contribution is -2.47. The number of nitrogens with one attached hydrogen (secondary N) is 1. The summed E-state index contributed by atoms with van der Waals surface area (Å²) in [6.45, 7) is 5.36. The molecule has 2 fully saturated rings. The van der Waals surface area contributed by atoms with Crippen LogP contribution in [-0.2, 0) is 10.0 Å². The van der Waals surface area contributed by atoms with Crippen molar-refractivity contribution in [2.24, 2.45) is 0 Å². The third-order valence-corrected chi connectivity index (χ3v) is 7.47. The molecule has 0 unspecified atom stereocenters. The lowest BCUT2D eigenvalue weighted by Gasteiger charge is -2.31. The molecule has 2 aromatic heterocycles. The number of carbonyl (C=O) groups is 1. The number of aromatic amines is 1. The van der Waals surface area contributed by atoms with Gasteiger partial charge in [0.15, 0.2) is 5.76 Å². The summed E-state index contributed by atoms with van der Waals surface area (Å²) in [6.07, 6.45) is 3.46. The number of furan rings is 1. The molecule has 2 aliphatic heterocycles. The van der Waals surface area contributed by atoms with E-state index in [9.17, 15) is 13.2 Å². The van der Waals surface area contributed by atoms with Crippen LogP contribution in [0.15, 0.2) is 21.6 Å². The Kier molecular flexibility index (Phi) is 5.02. The molecule has 0 aliphatic carbocycles. The maximum absolute atomic E-state index is 13.1. The fourth-order valence-corrected chi connectivity index (χ4v) is 5.32. The SMILES string of the molecule is Cc1oc(-c2[nH]ncc2C(=O)N2CCCC2)cc1S(=O)(=O)N1CCN(C)CC1. The summed E-state index contributed by atoms with van der Waals surface area (Å²) >= 11 is 0. The molecule has 4 rings (SSSR count). The predicted octanol–water partition coefficient (Wildman–Crippen LogP) is 1.15. The van der Waals surface area contributed by atoms with Crippen LogP contribution >= 0.6 is 0 Å². The van der Waals surface area contributed by atoms with Crippen molar-refractivity contribution in [2.75, 3.05) is 46.3 Å². The number of piperazine rings is 1. The zero-order valence-electron chi connectivity index (χ0n) is 16.1. The lowest BCUT2D eigenvalue weighted by atomic mass is 10.2. The first kappa shape index (κ1) is 19.2. The number of hydrogen-bond acceptors (Lipinski definition) is 6. The maximum atomic E-state index is 13.1. The Morgan fingerprint density at radius 3 is 2.50 bits per heavy atom. The fraction of sp³-hybridized carbons (Fsp3) is 0.556. The molecule has 2 aromatic rings. The largest absolute Gasteiger partial charge is 0.458 e. The smallest absolute Gasteiger partial charge is 0.257 e. The minimum absolute atomic E-state index is 0.112. The van der Waals surface area contributed by atoms with E-state index in [0.29, 0.717) is 49.0 Å². The first-order chi connectivity index (χ1) is 13.4. The van der Waals surface area contributed by atoms with Gasteiger partial charge >= 0.3 is 0 Å². The topological polar surface area (TPSA) is 103 Å². The van der Waals surface area contributed by atoms with E-state index in [2.05, 4.69) is 15.1 Å². The summed E-state index contributed by atoms with van der Waals surface area (Å²) in [5.74, 6) is 0.507. The predicted molar refractivity (Wildman–Crippen MR) is 102 cm³/mol. The highest BCUT2D eigenvalue weighted by Gasteiger charge is 2.32. The van der Waals surface area contributed by atoms with Crippen molar-refractivity contribution >= 4 is 15.9 Å². The van der Waals surface area contributed by atoms with Crippen molar-refractivity contribution in [3.8, 4) is 11.5 Å². The van der Waals surface area contributed by atoms with Gasteiger partial charge in [-0.25, -0.2) is 8.42 Å². The van der Waals surface area contributed by atoms with Gasteiger partial charge in [-0.05, 0) is 26.8 Å².